The zero-order chi connectivity index (χ0) is 12.5. The first-order valence-electron chi connectivity index (χ1n) is 5.88. The van der Waals surface area contributed by atoms with Gasteiger partial charge in [-0.05, 0) is 18.6 Å². The molecule has 0 spiro atoms. The van der Waals surface area contributed by atoms with Crippen molar-refractivity contribution in [2.24, 2.45) is 0 Å². The van der Waals surface area contributed by atoms with Gasteiger partial charge in [0.1, 0.15) is 6.33 Å². The maximum Gasteiger partial charge on any atom is 0.254 e. The third-order valence-electron chi connectivity index (χ3n) is 3.25. The first-order chi connectivity index (χ1) is 8.75. The minimum atomic E-state index is 0.0612. The second-order valence-corrected chi connectivity index (χ2v) is 4.47. The van der Waals surface area contributed by atoms with Crippen molar-refractivity contribution < 1.29 is 4.79 Å². The Bertz CT molecular complexity index is 584. The topological polar surface area (TPSA) is 46.1 Å². The summed E-state index contributed by atoms with van der Waals surface area (Å²) in [6.45, 7) is 3.13. The van der Waals surface area contributed by atoms with Gasteiger partial charge in [0.15, 0.2) is 0 Å². The molecule has 0 atom stereocenters. The highest BCUT2D eigenvalue weighted by Crippen LogP contribution is 2.22. The van der Waals surface area contributed by atoms with Gasteiger partial charge in [0.25, 0.3) is 5.91 Å². The molecule has 90 valence electrons. The predicted molar refractivity (Wildman–Crippen MR) is 66.8 cm³/mol. The molecule has 0 aliphatic carbocycles. The molecule has 1 aromatic carbocycles. The van der Waals surface area contributed by atoms with Gasteiger partial charge in [-0.25, -0.2) is 9.97 Å². The summed E-state index contributed by atoms with van der Waals surface area (Å²) < 4.78 is 0. The summed E-state index contributed by atoms with van der Waals surface area (Å²) >= 11 is 0. The van der Waals surface area contributed by atoms with Gasteiger partial charge in [-0.3, -0.25) is 4.79 Å². The van der Waals surface area contributed by atoms with E-state index in [1.54, 1.807) is 6.20 Å². The quantitative estimate of drug-likeness (QED) is 0.764. The summed E-state index contributed by atoms with van der Waals surface area (Å²) in [4.78, 5) is 22.4. The van der Waals surface area contributed by atoms with Crippen LogP contribution in [0.25, 0.3) is 0 Å². The number of benzene rings is 1. The molecule has 0 N–H and O–H groups in total. The van der Waals surface area contributed by atoms with Gasteiger partial charge in [0.2, 0.25) is 0 Å². The Balaban J connectivity index is 1.87. The number of rotatable bonds is 1. The van der Waals surface area contributed by atoms with Crippen molar-refractivity contribution in [3.63, 3.8) is 0 Å². The smallest absolute Gasteiger partial charge is 0.254 e. The van der Waals surface area contributed by atoms with Crippen LogP contribution in [0.3, 0.4) is 0 Å². The molecule has 0 fully saturated rings. The molecule has 2 aromatic rings. The van der Waals surface area contributed by atoms with E-state index < -0.39 is 0 Å². The van der Waals surface area contributed by atoms with Gasteiger partial charge in [-0.1, -0.05) is 18.2 Å². The number of aryl methyl sites for hydroxylation is 1. The molecule has 4 nitrogen and oxygen atoms in total. The largest absolute Gasteiger partial charge is 0.328 e. The Hall–Kier alpha value is -2.23. The minimum absolute atomic E-state index is 0.0612. The number of aromatic nitrogens is 2. The molecule has 3 rings (SSSR count). The van der Waals surface area contributed by atoms with Crippen molar-refractivity contribution in [3.05, 3.63) is 59.2 Å². The van der Waals surface area contributed by atoms with E-state index >= 15 is 0 Å². The maximum absolute atomic E-state index is 12.4. The Morgan fingerprint density at radius 3 is 2.89 bits per heavy atom. The lowest BCUT2D eigenvalue weighted by atomic mass is 10.1. The molecule has 0 unspecified atom stereocenters. The van der Waals surface area contributed by atoms with Crippen LogP contribution in [0.15, 0.2) is 36.8 Å². The highest BCUT2D eigenvalue weighted by Gasteiger charge is 2.25. The monoisotopic (exact) mass is 239 g/mol. The van der Waals surface area contributed by atoms with E-state index in [-0.39, 0.29) is 5.91 Å². The highest BCUT2D eigenvalue weighted by atomic mass is 16.2. The van der Waals surface area contributed by atoms with Crippen molar-refractivity contribution in [2.45, 2.75) is 20.0 Å². The summed E-state index contributed by atoms with van der Waals surface area (Å²) in [6, 6.07) is 7.65. The molecule has 1 aliphatic heterocycles. The zero-order valence-electron chi connectivity index (χ0n) is 10.1. The molecule has 18 heavy (non-hydrogen) atoms. The van der Waals surface area contributed by atoms with Crippen molar-refractivity contribution in [2.75, 3.05) is 0 Å². The van der Waals surface area contributed by atoms with Gasteiger partial charge in [-0.2, -0.15) is 0 Å². The van der Waals surface area contributed by atoms with Crippen molar-refractivity contribution in [1.82, 2.24) is 14.9 Å². The summed E-state index contributed by atoms with van der Waals surface area (Å²) in [7, 11) is 0. The number of amides is 1. The second kappa shape index (κ2) is 4.22. The average molecular weight is 239 g/mol. The number of nitrogens with zero attached hydrogens (tertiary/aromatic N) is 3. The SMILES string of the molecule is Cc1ccccc1C(=O)N1Cc2cncnc2C1. The van der Waals surface area contributed by atoms with E-state index in [0.29, 0.717) is 13.1 Å². The fourth-order valence-corrected chi connectivity index (χ4v) is 2.23. The zero-order valence-corrected chi connectivity index (χ0v) is 10.1. The third-order valence-corrected chi connectivity index (χ3v) is 3.25. The lowest BCUT2D eigenvalue weighted by molar-refractivity contribution is 0.0749. The van der Waals surface area contributed by atoms with Crippen molar-refractivity contribution in [1.29, 1.82) is 0 Å². The second-order valence-electron chi connectivity index (χ2n) is 4.47. The van der Waals surface area contributed by atoms with E-state index in [2.05, 4.69) is 9.97 Å². The third kappa shape index (κ3) is 1.76. The molecule has 0 saturated carbocycles. The molecule has 0 radical (unpaired) electrons. The number of hydrogen-bond donors (Lipinski definition) is 0. The van der Waals surface area contributed by atoms with Gasteiger partial charge in [0, 0.05) is 23.9 Å². The van der Waals surface area contributed by atoms with Gasteiger partial charge in [-0.15, -0.1) is 0 Å². The van der Waals surface area contributed by atoms with Crippen LogP contribution < -0.4 is 0 Å². The fourth-order valence-electron chi connectivity index (χ4n) is 2.23. The Labute approximate surface area is 105 Å². The Kier molecular flexibility index (Phi) is 2.55. The number of carbonyl (C=O) groups is 1. The lowest BCUT2D eigenvalue weighted by Crippen LogP contribution is -2.26. The van der Waals surface area contributed by atoms with Crippen molar-refractivity contribution >= 4 is 5.91 Å². The lowest BCUT2D eigenvalue weighted by Gasteiger charge is -2.16. The summed E-state index contributed by atoms with van der Waals surface area (Å²) in [5, 5.41) is 0. The van der Waals surface area contributed by atoms with E-state index in [9.17, 15) is 4.79 Å². The van der Waals surface area contributed by atoms with E-state index in [1.165, 1.54) is 6.33 Å². The van der Waals surface area contributed by atoms with Gasteiger partial charge < -0.3 is 4.90 Å². The van der Waals surface area contributed by atoms with Crippen molar-refractivity contribution in [3.8, 4) is 0 Å². The van der Waals surface area contributed by atoms with Crippen LogP contribution in [-0.2, 0) is 13.1 Å². The molecule has 1 aromatic heterocycles. The van der Waals surface area contributed by atoms with Crippen LogP contribution in [0.1, 0.15) is 27.2 Å². The predicted octanol–water partition coefficient (Wildman–Crippen LogP) is 1.94. The normalized spacial score (nSPS) is 13.5. The van der Waals surface area contributed by atoms with Gasteiger partial charge in [0.05, 0.1) is 12.2 Å². The van der Waals surface area contributed by atoms with Crippen LogP contribution in [0, 0.1) is 6.92 Å². The molecule has 0 bridgehead atoms. The molecule has 0 saturated heterocycles. The molecule has 1 amide bonds. The Morgan fingerprint density at radius 2 is 2.11 bits per heavy atom. The first-order valence-corrected chi connectivity index (χ1v) is 5.88. The summed E-state index contributed by atoms with van der Waals surface area (Å²) in [5.41, 5.74) is 3.76. The minimum Gasteiger partial charge on any atom is -0.328 e. The molecular formula is C14H13N3O. The van der Waals surface area contributed by atoms with E-state index in [4.69, 9.17) is 0 Å². The standard InChI is InChI=1S/C14H13N3O/c1-10-4-2-3-5-12(10)14(18)17-7-11-6-15-9-16-13(11)8-17/h2-6,9H,7-8H2,1H3. The molecule has 2 heterocycles. The molecule has 4 heteroatoms. The Morgan fingerprint density at radius 1 is 1.28 bits per heavy atom. The average Bonchev–Trinajstić information content (AvgIpc) is 2.82. The summed E-state index contributed by atoms with van der Waals surface area (Å²) in [6.07, 6.45) is 3.31. The van der Waals surface area contributed by atoms with E-state index in [0.717, 1.165) is 22.4 Å². The van der Waals surface area contributed by atoms with Gasteiger partial charge >= 0.3 is 0 Å². The summed E-state index contributed by atoms with van der Waals surface area (Å²) in [5.74, 6) is 0.0612. The van der Waals surface area contributed by atoms with Crippen LogP contribution in [-0.4, -0.2) is 20.8 Å². The first kappa shape index (κ1) is 10.9. The maximum atomic E-state index is 12.4. The number of fused-ring (bicyclic) bond motifs is 1. The van der Waals surface area contributed by atoms with Crippen LogP contribution >= 0.6 is 0 Å². The highest BCUT2D eigenvalue weighted by molar-refractivity contribution is 5.95. The van der Waals surface area contributed by atoms with Crippen LogP contribution in [0.5, 0.6) is 0 Å². The molecule has 1 aliphatic rings. The fraction of sp³-hybridized carbons (Fsp3) is 0.214. The number of carbonyl (C=O) groups excluding carboxylic acids is 1. The van der Waals surface area contributed by atoms with Crippen LogP contribution in [0.4, 0.5) is 0 Å². The van der Waals surface area contributed by atoms with Crippen LogP contribution in [0.2, 0.25) is 0 Å². The number of hydrogen-bond acceptors (Lipinski definition) is 3. The van der Waals surface area contributed by atoms with E-state index in [1.807, 2.05) is 36.1 Å². The molecular weight excluding hydrogens is 226 g/mol.